The summed E-state index contributed by atoms with van der Waals surface area (Å²) in [7, 11) is -3.24. The van der Waals surface area contributed by atoms with Gasteiger partial charge in [-0.3, -0.25) is 4.79 Å². The fraction of sp³-hybridized carbons (Fsp3) is 0.800. The van der Waals surface area contributed by atoms with E-state index in [1.165, 1.54) is 11.6 Å². The molecule has 2 unspecified atom stereocenters. The molecule has 0 radical (unpaired) electrons. The highest BCUT2D eigenvalue weighted by Crippen LogP contribution is 2.31. The van der Waals surface area contributed by atoms with Crippen LogP contribution in [0.4, 0.5) is 0 Å². The largest absolute Gasteiger partial charge is 0.481 e. The molecule has 1 aliphatic rings. The summed E-state index contributed by atoms with van der Waals surface area (Å²) in [5.74, 6) is -1.24. The molecule has 1 aromatic heterocycles. The van der Waals surface area contributed by atoms with Gasteiger partial charge >= 0.3 is 5.97 Å². The number of carboxylic acid groups (broad SMARTS) is 1. The molecule has 9 heteroatoms. The van der Waals surface area contributed by atoms with Gasteiger partial charge in [-0.05, 0) is 23.3 Å². The smallest absolute Gasteiger partial charge is 0.308 e. The molecule has 1 saturated heterocycles. The Morgan fingerprint density at radius 3 is 2.89 bits per heavy atom. The van der Waals surface area contributed by atoms with Crippen molar-refractivity contribution in [2.24, 2.45) is 5.92 Å². The Morgan fingerprint density at radius 1 is 1.53 bits per heavy atom. The lowest BCUT2D eigenvalue weighted by Gasteiger charge is -2.21. The number of aromatic nitrogens is 4. The van der Waals surface area contributed by atoms with Crippen molar-refractivity contribution in [1.29, 1.82) is 0 Å². The standard InChI is InChI=1S/C10H16N4O4S/c1-7(10(15)16)6-14-9(11-12-13-14)8-4-2-3-5-19(8,17)18/h7-8H,2-6H2,1H3,(H,15,16). The Hall–Kier alpha value is -1.51. The highest BCUT2D eigenvalue weighted by molar-refractivity contribution is 7.91. The van der Waals surface area contributed by atoms with Crippen LogP contribution in [0, 0.1) is 5.92 Å². The van der Waals surface area contributed by atoms with Crippen LogP contribution in [0.3, 0.4) is 0 Å². The quantitative estimate of drug-likeness (QED) is 0.831. The minimum Gasteiger partial charge on any atom is -0.481 e. The van der Waals surface area contributed by atoms with Crippen LogP contribution in [0.25, 0.3) is 0 Å². The van der Waals surface area contributed by atoms with Crippen molar-refractivity contribution in [2.45, 2.75) is 38.0 Å². The maximum atomic E-state index is 12.0. The molecule has 0 aromatic carbocycles. The molecule has 0 amide bonds. The Bertz CT molecular complexity index is 568. The molecule has 1 N–H and O–H groups in total. The van der Waals surface area contributed by atoms with E-state index in [2.05, 4.69) is 15.5 Å². The van der Waals surface area contributed by atoms with Crippen molar-refractivity contribution in [1.82, 2.24) is 20.2 Å². The molecule has 0 bridgehead atoms. The van der Waals surface area contributed by atoms with Crippen LogP contribution in [-0.4, -0.2) is 45.5 Å². The van der Waals surface area contributed by atoms with Gasteiger partial charge in [0.25, 0.3) is 0 Å². The molecule has 1 aliphatic heterocycles. The third kappa shape index (κ3) is 2.91. The van der Waals surface area contributed by atoms with Gasteiger partial charge in [0, 0.05) is 0 Å². The minimum absolute atomic E-state index is 0.0731. The number of nitrogens with zero attached hydrogens (tertiary/aromatic N) is 4. The van der Waals surface area contributed by atoms with Gasteiger partial charge in [0.05, 0.1) is 18.2 Å². The van der Waals surface area contributed by atoms with Crippen LogP contribution >= 0.6 is 0 Å². The maximum Gasteiger partial charge on any atom is 0.308 e. The molecular formula is C10H16N4O4S. The van der Waals surface area contributed by atoms with Gasteiger partial charge in [-0.25, -0.2) is 13.1 Å². The number of hydrogen-bond donors (Lipinski definition) is 1. The van der Waals surface area contributed by atoms with Crippen LogP contribution in [0.5, 0.6) is 0 Å². The highest BCUT2D eigenvalue weighted by atomic mass is 32.2. The second-order valence-corrected chi connectivity index (χ2v) is 7.11. The van der Waals surface area contributed by atoms with E-state index in [9.17, 15) is 13.2 Å². The number of carbonyl (C=O) groups is 1. The SMILES string of the molecule is CC(Cn1nnnc1C1CCCCS1(=O)=O)C(=O)O. The third-order valence-corrected chi connectivity index (χ3v) is 5.47. The van der Waals surface area contributed by atoms with Gasteiger partial charge in [0.15, 0.2) is 15.7 Å². The van der Waals surface area contributed by atoms with Gasteiger partial charge in [-0.2, -0.15) is 0 Å². The lowest BCUT2D eigenvalue weighted by Crippen LogP contribution is -2.27. The van der Waals surface area contributed by atoms with E-state index in [0.29, 0.717) is 12.8 Å². The molecule has 0 spiro atoms. The van der Waals surface area contributed by atoms with Crippen LogP contribution in [0.1, 0.15) is 37.3 Å². The van der Waals surface area contributed by atoms with Gasteiger partial charge in [-0.1, -0.05) is 13.3 Å². The number of aliphatic carboxylic acids is 1. The number of carboxylic acids is 1. The van der Waals surface area contributed by atoms with Crippen molar-refractivity contribution in [3.63, 3.8) is 0 Å². The lowest BCUT2D eigenvalue weighted by atomic mass is 10.1. The predicted octanol–water partition coefficient (Wildman–Crippen LogP) is 0.0336. The van der Waals surface area contributed by atoms with Crippen LogP contribution in [-0.2, 0) is 21.2 Å². The first-order valence-corrected chi connectivity index (χ1v) is 7.84. The second-order valence-electron chi connectivity index (χ2n) is 4.81. The summed E-state index contributed by atoms with van der Waals surface area (Å²) in [6.45, 7) is 1.60. The van der Waals surface area contributed by atoms with E-state index >= 15 is 0 Å². The Labute approximate surface area is 110 Å². The Balaban J connectivity index is 2.26. The molecule has 0 aliphatic carbocycles. The fourth-order valence-corrected chi connectivity index (χ4v) is 4.06. The molecule has 2 rings (SSSR count). The summed E-state index contributed by atoms with van der Waals surface area (Å²) in [5, 5.41) is 19.1. The normalized spacial score (nSPS) is 23.9. The first-order chi connectivity index (χ1) is 8.92. The number of tetrazole rings is 1. The fourth-order valence-electron chi connectivity index (χ4n) is 2.15. The zero-order chi connectivity index (χ0) is 14.0. The average Bonchev–Trinajstić information content (AvgIpc) is 2.76. The summed E-state index contributed by atoms with van der Waals surface area (Å²) in [6, 6.07) is 0. The molecule has 106 valence electrons. The van der Waals surface area contributed by atoms with E-state index in [-0.39, 0.29) is 18.1 Å². The van der Waals surface area contributed by atoms with Crippen LogP contribution in [0.2, 0.25) is 0 Å². The molecule has 2 heterocycles. The van der Waals surface area contributed by atoms with E-state index < -0.39 is 27.0 Å². The van der Waals surface area contributed by atoms with Crippen LogP contribution < -0.4 is 0 Å². The first kappa shape index (κ1) is 13.9. The first-order valence-electron chi connectivity index (χ1n) is 6.12. The Morgan fingerprint density at radius 2 is 2.26 bits per heavy atom. The second kappa shape index (κ2) is 5.24. The molecular weight excluding hydrogens is 272 g/mol. The van der Waals surface area contributed by atoms with Crippen molar-refractivity contribution < 1.29 is 18.3 Å². The summed E-state index contributed by atoms with van der Waals surface area (Å²) >= 11 is 0. The van der Waals surface area contributed by atoms with Crippen molar-refractivity contribution >= 4 is 15.8 Å². The van der Waals surface area contributed by atoms with Gasteiger partial charge in [-0.15, -0.1) is 5.10 Å². The molecule has 0 saturated carbocycles. The van der Waals surface area contributed by atoms with Crippen LogP contribution in [0.15, 0.2) is 0 Å². The van der Waals surface area contributed by atoms with Crippen molar-refractivity contribution in [3.05, 3.63) is 5.82 Å². The minimum atomic E-state index is -3.24. The van der Waals surface area contributed by atoms with Gasteiger partial charge < -0.3 is 5.11 Å². The molecule has 8 nitrogen and oxygen atoms in total. The number of rotatable bonds is 4. The maximum absolute atomic E-state index is 12.0. The van der Waals surface area contributed by atoms with E-state index in [0.717, 1.165) is 6.42 Å². The topological polar surface area (TPSA) is 115 Å². The molecule has 2 atom stereocenters. The summed E-state index contributed by atoms with van der Waals surface area (Å²) in [6.07, 6.45) is 1.96. The zero-order valence-electron chi connectivity index (χ0n) is 10.6. The molecule has 19 heavy (non-hydrogen) atoms. The van der Waals surface area contributed by atoms with E-state index in [1.54, 1.807) is 0 Å². The van der Waals surface area contributed by atoms with Crippen molar-refractivity contribution in [3.8, 4) is 0 Å². The highest BCUT2D eigenvalue weighted by Gasteiger charge is 2.34. The van der Waals surface area contributed by atoms with E-state index in [4.69, 9.17) is 5.11 Å². The third-order valence-electron chi connectivity index (χ3n) is 3.29. The average molecular weight is 288 g/mol. The predicted molar refractivity (Wildman–Crippen MR) is 65.0 cm³/mol. The van der Waals surface area contributed by atoms with E-state index in [1.807, 2.05) is 0 Å². The van der Waals surface area contributed by atoms with Gasteiger partial charge in [0.2, 0.25) is 0 Å². The summed E-state index contributed by atoms with van der Waals surface area (Å²) in [5.41, 5.74) is 0. The Kier molecular flexibility index (Phi) is 3.83. The van der Waals surface area contributed by atoms with Crippen molar-refractivity contribution in [2.75, 3.05) is 5.75 Å². The summed E-state index contributed by atoms with van der Waals surface area (Å²) < 4.78 is 25.4. The monoisotopic (exact) mass is 288 g/mol. The lowest BCUT2D eigenvalue weighted by molar-refractivity contribution is -0.141. The summed E-state index contributed by atoms with van der Waals surface area (Å²) in [4.78, 5) is 10.8. The van der Waals surface area contributed by atoms with Gasteiger partial charge in [0.1, 0.15) is 5.25 Å². The number of sulfone groups is 1. The molecule has 1 aromatic rings. The molecule has 1 fully saturated rings. The number of hydrogen-bond acceptors (Lipinski definition) is 6. The zero-order valence-corrected chi connectivity index (χ0v) is 11.4.